The molecule has 0 saturated carbocycles. The normalized spacial score (nSPS) is 19.6. The smallest absolute Gasteiger partial charge is 0.251 e. The van der Waals surface area contributed by atoms with Crippen molar-refractivity contribution >= 4 is 5.91 Å². The Morgan fingerprint density at radius 3 is 2.81 bits per heavy atom. The maximum atomic E-state index is 11.7. The first-order valence-corrected chi connectivity index (χ1v) is 5.53. The van der Waals surface area contributed by atoms with Gasteiger partial charge in [-0.2, -0.15) is 0 Å². The van der Waals surface area contributed by atoms with Gasteiger partial charge in [-0.25, -0.2) is 0 Å². The number of phenols is 1. The van der Waals surface area contributed by atoms with Crippen LogP contribution in [0.4, 0.5) is 0 Å². The molecule has 2 rings (SSSR count). The molecule has 1 unspecified atom stereocenters. The Hall–Kier alpha value is -1.55. The summed E-state index contributed by atoms with van der Waals surface area (Å²) in [6, 6.07) is 6.28. The largest absolute Gasteiger partial charge is 0.508 e. The van der Waals surface area contributed by atoms with Crippen molar-refractivity contribution in [3.63, 3.8) is 0 Å². The van der Waals surface area contributed by atoms with Crippen LogP contribution < -0.4 is 10.6 Å². The third kappa shape index (κ3) is 2.73. The summed E-state index contributed by atoms with van der Waals surface area (Å²) in [5, 5.41) is 15.3. The molecule has 1 aromatic rings. The number of aromatic hydroxyl groups is 1. The van der Waals surface area contributed by atoms with Crippen LogP contribution in [-0.4, -0.2) is 30.6 Å². The predicted molar refractivity (Wildman–Crippen MR) is 61.4 cm³/mol. The predicted octanol–water partition coefficient (Wildman–Crippen LogP) is 0.731. The molecule has 1 aliphatic heterocycles. The Kier molecular flexibility index (Phi) is 3.41. The molecule has 3 N–H and O–H groups in total. The first-order valence-electron chi connectivity index (χ1n) is 5.53. The van der Waals surface area contributed by atoms with Gasteiger partial charge in [0, 0.05) is 12.1 Å². The molecule has 0 spiro atoms. The quantitative estimate of drug-likeness (QED) is 0.704. The minimum Gasteiger partial charge on any atom is -0.508 e. The van der Waals surface area contributed by atoms with Crippen LogP contribution in [0.5, 0.6) is 5.75 Å². The third-order valence-electron chi connectivity index (χ3n) is 2.84. The second-order valence-electron chi connectivity index (χ2n) is 4.12. The minimum atomic E-state index is -0.0769. The van der Waals surface area contributed by atoms with Gasteiger partial charge in [-0.05, 0) is 49.7 Å². The molecule has 0 bridgehead atoms. The molecule has 1 saturated heterocycles. The lowest BCUT2D eigenvalue weighted by molar-refractivity contribution is 0.0948. The minimum absolute atomic E-state index is 0.0769. The monoisotopic (exact) mass is 220 g/mol. The molecule has 0 aliphatic carbocycles. The fourth-order valence-electron chi connectivity index (χ4n) is 1.84. The van der Waals surface area contributed by atoms with Crippen LogP contribution >= 0.6 is 0 Å². The van der Waals surface area contributed by atoms with Gasteiger partial charge in [-0.15, -0.1) is 0 Å². The highest BCUT2D eigenvalue weighted by Crippen LogP contribution is 2.10. The first kappa shape index (κ1) is 11.0. The fourth-order valence-corrected chi connectivity index (χ4v) is 1.84. The summed E-state index contributed by atoms with van der Waals surface area (Å²) in [6.45, 7) is 2.74. The van der Waals surface area contributed by atoms with Gasteiger partial charge in [0.05, 0.1) is 0 Å². The van der Waals surface area contributed by atoms with E-state index in [0.29, 0.717) is 18.0 Å². The van der Waals surface area contributed by atoms with E-state index in [9.17, 15) is 4.79 Å². The maximum Gasteiger partial charge on any atom is 0.251 e. The molecule has 86 valence electrons. The summed E-state index contributed by atoms with van der Waals surface area (Å²) in [5.74, 6) is 0.643. The van der Waals surface area contributed by atoms with E-state index in [-0.39, 0.29) is 11.7 Å². The fraction of sp³-hybridized carbons (Fsp3) is 0.417. The van der Waals surface area contributed by atoms with E-state index in [1.165, 1.54) is 12.1 Å². The second kappa shape index (κ2) is 4.99. The number of carbonyl (C=O) groups is 1. The number of amides is 1. The lowest BCUT2D eigenvalue weighted by Gasteiger charge is -2.09. The molecule has 4 heteroatoms. The lowest BCUT2D eigenvalue weighted by Crippen LogP contribution is -2.30. The van der Waals surface area contributed by atoms with Crippen molar-refractivity contribution in [3.05, 3.63) is 29.8 Å². The number of hydrogen-bond donors (Lipinski definition) is 3. The Bertz CT molecular complexity index is 356. The number of hydrogen-bond acceptors (Lipinski definition) is 3. The Morgan fingerprint density at radius 1 is 1.44 bits per heavy atom. The van der Waals surface area contributed by atoms with Crippen molar-refractivity contribution in [1.82, 2.24) is 10.6 Å². The highest BCUT2D eigenvalue weighted by molar-refractivity contribution is 5.94. The van der Waals surface area contributed by atoms with Crippen LogP contribution in [0, 0.1) is 5.92 Å². The zero-order valence-corrected chi connectivity index (χ0v) is 9.07. The zero-order chi connectivity index (χ0) is 11.4. The van der Waals surface area contributed by atoms with Crippen molar-refractivity contribution in [2.75, 3.05) is 19.6 Å². The Morgan fingerprint density at radius 2 is 2.19 bits per heavy atom. The number of nitrogens with one attached hydrogen (secondary N) is 2. The van der Waals surface area contributed by atoms with E-state index in [1.807, 2.05) is 0 Å². The van der Waals surface area contributed by atoms with Gasteiger partial charge in [0.1, 0.15) is 5.75 Å². The molecule has 0 radical (unpaired) electrons. The van der Waals surface area contributed by atoms with Crippen LogP contribution in [0.25, 0.3) is 0 Å². The molecule has 1 fully saturated rings. The van der Waals surface area contributed by atoms with Crippen molar-refractivity contribution in [2.24, 2.45) is 5.92 Å². The van der Waals surface area contributed by atoms with Crippen LogP contribution in [0.2, 0.25) is 0 Å². The van der Waals surface area contributed by atoms with E-state index in [2.05, 4.69) is 10.6 Å². The van der Waals surface area contributed by atoms with Crippen LogP contribution in [0.15, 0.2) is 24.3 Å². The van der Waals surface area contributed by atoms with Gasteiger partial charge >= 0.3 is 0 Å². The average Bonchev–Trinajstić information content (AvgIpc) is 2.80. The molecule has 4 nitrogen and oxygen atoms in total. The third-order valence-corrected chi connectivity index (χ3v) is 2.84. The molecule has 0 aromatic heterocycles. The van der Waals surface area contributed by atoms with Crippen LogP contribution in [0.1, 0.15) is 16.8 Å². The highest BCUT2D eigenvalue weighted by atomic mass is 16.3. The number of carbonyl (C=O) groups excluding carboxylic acids is 1. The number of benzene rings is 1. The SMILES string of the molecule is O=C(NCC1CCNC1)c1ccc(O)cc1. The van der Waals surface area contributed by atoms with E-state index in [1.54, 1.807) is 12.1 Å². The van der Waals surface area contributed by atoms with Gasteiger partial charge in [0.25, 0.3) is 5.91 Å². The standard InChI is InChI=1S/C12H16N2O2/c15-11-3-1-10(2-4-11)12(16)14-8-9-5-6-13-7-9/h1-4,9,13,15H,5-8H2,(H,14,16). The molecular formula is C12H16N2O2. The Labute approximate surface area is 94.7 Å². The van der Waals surface area contributed by atoms with Gasteiger partial charge < -0.3 is 15.7 Å². The van der Waals surface area contributed by atoms with Crippen molar-refractivity contribution in [2.45, 2.75) is 6.42 Å². The van der Waals surface area contributed by atoms with Crippen molar-refractivity contribution in [3.8, 4) is 5.75 Å². The highest BCUT2D eigenvalue weighted by Gasteiger charge is 2.15. The van der Waals surface area contributed by atoms with Crippen molar-refractivity contribution in [1.29, 1.82) is 0 Å². The molecule has 1 aromatic carbocycles. The summed E-state index contributed by atoms with van der Waals surface area (Å²) in [6.07, 6.45) is 1.12. The molecule has 1 amide bonds. The maximum absolute atomic E-state index is 11.7. The second-order valence-corrected chi connectivity index (χ2v) is 4.12. The molecular weight excluding hydrogens is 204 g/mol. The molecule has 16 heavy (non-hydrogen) atoms. The van der Waals surface area contributed by atoms with E-state index in [4.69, 9.17) is 5.11 Å². The Balaban J connectivity index is 1.85. The summed E-state index contributed by atoms with van der Waals surface area (Å²) in [7, 11) is 0. The molecule has 1 aliphatic rings. The van der Waals surface area contributed by atoms with Gasteiger partial charge in [-0.3, -0.25) is 4.79 Å². The van der Waals surface area contributed by atoms with E-state index in [0.717, 1.165) is 19.5 Å². The molecule has 1 heterocycles. The van der Waals surface area contributed by atoms with Crippen molar-refractivity contribution < 1.29 is 9.90 Å². The summed E-state index contributed by atoms with van der Waals surface area (Å²) in [5.41, 5.74) is 0.587. The topological polar surface area (TPSA) is 61.4 Å². The average molecular weight is 220 g/mol. The number of phenolic OH excluding ortho intramolecular Hbond substituents is 1. The van der Waals surface area contributed by atoms with Gasteiger partial charge in [0.15, 0.2) is 0 Å². The lowest BCUT2D eigenvalue weighted by atomic mass is 10.1. The van der Waals surface area contributed by atoms with E-state index >= 15 is 0 Å². The first-order chi connectivity index (χ1) is 7.75. The van der Waals surface area contributed by atoms with Gasteiger partial charge in [0.2, 0.25) is 0 Å². The molecule has 1 atom stereocenters. The van der Waals surface area contributed by atoms with Crippen LogP contribution in [0.3, 0.4) is 0 Å². The van der Waals surface area contributed by atoms with Crippen LogP contribution in [-0.2, 0) is 0 Å². The number of rotatable bonds is 3. The van der Waals surface area contributed by atoms with E-state index < -0.39 is 0 Å². The summed E-state index contributed by atoms with van der Waals surface area (Å²) in [4.78, 5) is 11.7. The van der Waals surface area contributed by atoms with Gasteiger partial charge in [-0.1, -0.05) is 0 Å². The summed E-state index contributed by atoms with van der Waals surface area (Å²) >= 11 is 0. The zero-order valence-electron chi connectivity index (χ0n) is 9.07. The summed E-state index contributed by atoms with van der Waals surface area (Å²) < 4.78 is 0.